The van der Waals surface area contributed by atoms with Crippen LogP contribution in [0.5, 0.6) is 0 Å². The Morgan fingerprint density at radius 1 is 1.21 bits per heavy atom. The summed E-state index contributed by atoms with van der Waals surface area (Å²) in [5.74, 6) is -1.98. The summed E-state index contributed by atoms with van der Waals surface area (Å²) in [6, 6.07) is 9.99. The molecule has 0 saturated heterocycles. The van der Waals surface area contributed by atoms with Crippen molar-refractivity contribution in [2.24, 2.45) is 0 Å². The molecule has 4 amide bonds. The Morgan fingerprint density at radius 2 is 2.00 bits per heavy atom. The normalized spacial score (nSPS) is 13.0. The number of hydrogen-bond donors (Lipinski definition) is 3. The molecule has 0 atom stereocenters. The molecule has 170 valence electrons. The first kappa shape index (κ1) is 23.6. The molecule has 1 aliphatic heterocycles. The van der Waals surface area contributed by atoms with Gasteiger partial charge in [0.25, 0.3) is 5.91 Å². The maximum atomic E-state index is 14.9. The van der Waals surface area contributed by atoms with E-state index in [4.69, 9.17) is 11.6 Å². The van der Waals surface area contributed by atoms with E-state index in [1.54, 1.807) is 31.3 Å². The molecular formula is C21H15BrClFN4O3S2. The van der Waals surface area contributed by atoms with Crippen molar-refractivity contribution in [3.63, 3.8) is 0 Å². The minimum Gasteiger partial charge on any atom is -0.387 e. The topological polar surface area (TPSA) is 90.5 Å². The second-order valence-corrected chi connectivity index (χ2v) is 10.5. The Hall–Kier alpha value is -2.60. The largest absolute Gasteiger partial charge is 0.387 e. The van der Waals surface area contributed by atoms with Crippen LogP contribution in [-0.2, 0) is 11.2 Å². The summed E-state index contributed by atoms with van der Waals surface area (Å²) in [6.45, 7) is 0. The number of anilines is 3. The number of urea groups is 1. The summed E-state index contributed by atoms with van der Waals surface area (Å²) in [5, 5.41) is 5.49. The van der Waals surface area contributed by atoms with Gasteiger partial charge in [-0.25, -0.2) is 14.1 Å². The first-order valence-electron chi connectivity index (χ1n) is 9.43. The van der Waals surface area contributed by atoms with Gasteiger partial charge in [0.15, 0.2) is 0 Å². The van der Waals surface area contributed by atoms with Crippen molar-refractivity contribution in [3.8, 4) is 0 Å². The van der Waals surface area contributed by atoms with E-state index < -0.39 is 23.7 Å². The van der Waals surface area contributed by atoms with Gasteiger partial charge in [-0.15, -0.1) is 11.3 Å². The number of thiophene rings is 1. The van der Waals surface area contributed by atoms with Crippen molar-refractivity contribution < 1.29 is 18.8 Å². The van der Waals surface area contributed by atoms with E-state index in [0.717, 1.165) is 32.8 Å². The molecule has 33 heavy (non-hydrogen) atoms. The Kier molecular flexibility index (Phi) is 6.94. The molecule has 0 bridgehead atoms. The number of rotatable bonds is 5. The minimum absolute atomic E-state index is 0.0468. The van der Waals surface area contributed by atoms with Gasteiger partial charge in [0, 0.05) is 28.5 Å². The Balaban J connectivity index is 1.50. The number of nitrogens with one attached hydrogen (secondary N) is 3. The van der Waals surface area contributed by atoms with Gasteiger partial charge < -0.3 is 10.6 Å². The minimum atomic E-state index is -0.818. The Labute approximate surface area is 209 Å². The van der Waals surface area contributed by atoms with Gasteiger partial charge in [-0.3, -0.25) is 14.3 Å². The fraction of sp³-hybridized carbons (Fsp3) is 0.0952. The third-order valence-electron chi connectivity index (χ3n) is 4.73. The van der Waals surface area contributed by atoms with Gasteiger partial charge >= 0.3 is 6.03 Å². The van der Waals surface area contributed by atoms with Gasteiger partial charge in [-0.1, -0.05) is 11.6 Å². The first-order chi connectivity index (χ1) is 15.8. The average Bonchev–Trinajstić information content (AvgIpc) is 3.19. The zero-order valence-corrected chi connectivity index (χ0v) is 20.8. The molecule has 0 unspecified atom stereocenters. The van der Waals surface area contributed by atoms with E-state index in [0.29, 0.717) is 19.9 Å². The molecule has 1 aromatic heterocycles. The SMILES string of the molecule is CNc1cc2c(cc1Br)C(=O)N(c1ccc(NC(=O)NSc3ccc(Cl)s3)cc1F)C(=O)C2. The van der Waals surface area contributed by atoms with Crippen molar-refractivity contribution in [1.82, 2.24) is 4.72 Å². The molecule has 2 heterocycles. The molecule has 0 fully saturated rings. The number of imide groups is 1. The van der Waals surface area contributed by atoms with Gasteiger partial charge in [0.05, 0.1) is 20.7 Å². The third kappa shape index (κ3) is 5.01. The summed E-state index contributed by atoms with van der Waals surface area (Å²) in [5.41, 5.74) is 1.60. The molecule has 1 aliphatic rings. The van der Waals surface area contributed by atoms with E-state index in [1.165, 1.54) is 23.5 Å². The monoisotopic (exact) mass is 568 g/mol. The number of benzene rings is 2. The zero-order chi connectivity index (χ0) is 23.7. The van der Waals surface area contributed by atoms with Crippen molar-refractivity contribution in [3.05, 3.63) is 68.2 Å². The van der Waals surface area contributed by atoms with E-state index >= 15 is 0 Å². The van der Waals surface area contributed by atoms with Crippen LogP contribution in [0.15, 0.2) is 51.1 Å². The van der Waals surface area contributed by atoms with Gasteiger partial charge in [0.2, 0.25) is 5.91 Å². The summed E-state index contributed by atoms with van der Waals surface area (Å²) in [7, 11) is 1.73. The number of nitrogens with zero attached hydrogens (tertiary/aromatic N) is 1. The van der Waals surface area contributed by atoms with Gasteiger partial charge in [-0.2, -0.15) is 0 Å². The van der Waals surface area contributed by atoms with Gasteiger partial charge in [-0.05, 0) is 75.9 Å². The summed E-state index contributed by atoms with van der Waals surface area (Å²) in [6.07, 6.45) is -0.0468. The third-order valence-corrected chi connectivity index (χ3v) is 7.53. The number of fused-ring (bicyclic) bond motifs is 1. The predicted octanol–water partition coefficient (Wildman–Crippen LogP) is 5.90. The maximum absolute atomic E-state index is 14.9. The number of hydrogen-bond acceptors (Lipinski definition) is 6. The van der Waals surface area contributed by atoms with Crippen LogP contribution in [-0.4, -0.2) is 24.9 Å². The highest BCUT2D eigenvalue weighted by Crippen LogP contribution is 2.34. The van der Waals surface area contributed by atoms with Crippen LogP contribution in [0, 0.1) is 5.82 Å². The summed E-state index contributed by atoms with van der Waals surface area (Å²) in [4.78, 5) is 38.6. The fourth-order valence-corrected chi connectivity index (χ4v) is 5.64. The molecule has 2 aromatic carbocycles. The number of halogens is 3. The lowest BCUT2D eigenvalue weighted by molar-refractivity contribution is -0.117. The second-order valence-electron chi connectivity index (χ2n) is 6.83. The summed E-state index contributed by atoms with van der Waals surface area (Å²) >= 11 is 11.6. The molecule has 0 spiro atoms. The van der Waals surface area contributed by atoms with Crippen LogP contribution in [0.3, 0.4) is 0 Å². The van der Waals surface area contributed by atoms with E-state index in [-0.39, 0.29) is 17.8 Å². The number of carbonyl (C=O) groups is 3. The van der Waals surface area contributed by atoms with Crippen molar-refractivity contribution in [2.45, 2.75) is 10.6 Å². The smallest absolute Gasteiger partial charge is 0.329 e. The lowest BCUT2D eigenvalue weighted by atomic mass is 9.97. The van der Waals surface area contributed by atoms with Crippen LogP contribution in [0.4, 0.5) is 26.2 Å². The Bertz CT molecular complexity index is 1290. The number of carbonyl (C=O) groups excluding carboxylic acids is 3. The average molecular weight is 570 g/mol. The molecule has 0 aliphatic carbocycles. The molecule has 4 rings (SSSR count). The van der Waals surface area contributed by atoms with Crippen LogP contribution >= 0.6 is 50.8 Å². The number of amides is 4. The molecule has 3 N–H and O–H groups in total. The molecule has 0 saturated carbocycles. The first-order valence-corrected chi connectivity index (χ1v) is 12.2. The van der Waals surface area contributed by atoms with Crippen LogP contribution in [0.1, 0.15) is 15.9 Å². The Morgan fingerprint density at radius 3 is 2.67 bits per heavy atom. The highest BCUT2D eigenvalue weighted by atomic mass is 79.9. The molecule has 3 aromatic rings. The maximum Gasteiger partial charge on any atom is 0.329 e. The molecule has 12 heteroatoms. The highest BCUT2D eigenvalue weighted by Gasteiger charge is 2.34. The van der Waals surface area contributed by atoms with Crippen molar-refractivity contribution >= 4 is 85.7 Å². The van der Waals surface area contributed by atoms with Gasteiger partial charge in [0.1, 0.15) is 5.82 Å². The van der Waals surface area contributed by atoms with E-state index in [1.807, 2.05) is 0 Å². The second kappa shape index (κ2) is 9.72. The lowest BCUT2D eigenvalue weighted by Crippen LogP contribution is -2.43. The van der Waals surface area contributed by atoms with Crippen molar-refractivity contribution in [1.29, 1.82) is 0 Å². The van der Waals surface area contributed by atoms with Crippen molar-refractivity contribution in [2.75, 3.05) is 22.6 Å². The fourth-order valence-electron chi connectivity index (χ4n) is 3.25. The lowest BCUT2D eigenvalue weighted by Gasteiger charge is -2.28. The predicted molar refractivity (Wildman–Crippen MR) is 133 cm³/mol. The standard InChI is InChI=1S/C21H15BrClFN4O3S2/c1-25-15-6-10-7-18(29)28(20(30)12(10)9-13(15)22)16-3-2-11(8-14(16)24)26-21(31)27-33-19-5-4-17(23)32-19/h2-6,8-9,25H,7H2,1H3,(H2,26,27,31). The van der Waals surface area contributed by atoms with E-state index in [2.05, 4.69) is 31.3 Å². The zero-order valence-electron chi connectivity index (χ0n) is 16.9. The van der Waals surface area contributed by atoms with Crippen LogP contribution in [0.25, 0.3) is 0 Å². The van der Waals surface area contributed by atoms with Crippen LogP contribution < -0.4 is 20.3 Å². The van der Waals surface area contributed by atoms with E-state index in [9.17, 15) is 18.8 Å². The molecule has 0 radical (unpaired) electrons. The quantitative estimate of drug-likeness (QED) is 0.263. The van der Waals surface area contributed by atoms with Crippen LogP contribution in [0.2, 0.25) is 4.34 Å². The highest BCUT2D eigenvalue weighted by molar-refractivity contribution is 9.10. The molecular weight excluding hydrogens is 555 g/mol. The summed E-state index contributed by atoms with van der Waals surface area (Å²) < 4.78 is 19.5. The molecule has 7 nitrogen and oxygen atoms in total.